The Labute approximate surface area is 151 Å². The summed E-state index contributed by atoms with van der Waals surface area (Å²) < 4.78 is 33.7. The number of carbonyl (C=O) groups is 1. The zero-order chi connectivity index (χ0) is 17.7. The molecule has 1 aliphatic rings. The summed E-state index contributed by atoms with van der Waals surface area (Å²) in [5.74, 6) is -0.499. The van der Waals surface area contributed by atoms with Gasteiger partial charge in [0.1, 0.15) is 6.04 Å². The number of hydrogen-bond acceptors (Lipinski definition) is 4. The Hall–Kier alpha value is -0.960. The quantitative estimate of drug-likeness (QED) is 0.739. The molecule has 0 bridgehead atoms. The van der Waals surface area contributed by atoms with E-state index in [2.05, 4.69) is 26.0 Å². The van der Waals surface area contributed by atoms with Crippen molar-refractivity contribution in [2.45, 2.75) is 43.7 Å². The van der Waals surface area contributed by atoms with Crippen molar-refractivity contribution in [3.63, 3.8) is 0 Å². The molecule has 2 atom stereocenters. The molecule has 1 fully saturated rings. The Morgan fingerprint density at radius 3 is 2.50 bits per heavy atom. The van der Waals surface area contributed by atoms with Gasteiger partial charge in [-0.15, -0.1) is 0 Å². The van der Waals surface area contributed by atoms with E-state index in [-0.39, 0.29) is 22.8 Å². The minimum absolute atomic E-state index is 0.0651. The summed E-state index contributed by atoms with van der Waals surface area (Å²) in [6, 6.07) is 5.40. The van der Waals surface area contributed by atoms with Crippen LogP contribution in [0.1, 0.15) is 26.7 Å². The van der Waals surface area contributed by atoms with Gasteiger partial charge in [-0.2, -0.15) is 4.72 Å². The first kappa shape index (κ1) is 19.4. The molecule has 0 radical (unpaired) electrons. The Morgan fingerprint density at radius 1 is 1.29 bits per heavy atom. The van der Waals surface area contributed by atoms with Gasteiger partial charge in [-0.1, -0.05) is 29.8 Å². The van der Waals surface area contributed by atoms with E-state index >= 15 is 0 Å². The number of amides is 1. The zero-order valence-corrected chi connectivity index (χ0v) is 16.2. The van der Waals surface area contributed by atoms with Crippen molar-refractivity contribution in [2.24, 2.45) is 5.92 Å². The molecule has 1 unspecified atom stereocenters. The molecule has 0 spiro atoms. The molecule has 8 heteroatoms. The lowest BCUT2D eigenvalue weighted by molar-refractivity contribution is -0.125. The van der Waals surface area contributed by atoms with Crippen LogP contribution in [-0.2, 0) is 19.6 Å². The minimum atomic E-state index is -3.77. The van der Waals surface area contributed by atoms with Gasteiger partial charge in [-0.05, 0) is 43.0 Å². The highest BCUT2D eigenvalue weighted by Crippen LogP contribution is 2.16. The number of carbonyl (C=O) groups excluding carboxylic acids is 1. The van der Waals surface area contributed by atoms with Crippen LogP contribution in [0.5, 0.6) is 0 Å². The second-order valence-corrected chi connectivity index (χ2v) is 8.85. The number of nitrogens with one attached hydrogen (secondary N) is 2. The Balaban J connectivity index is 2.09. The Kier molecular flexibility index (Phi) is 6.79. The van der Waals surface area contributed by atoms with Crippen LogP contribution in [0.25, 0.3) is 0 Å². The van der Waals surface area contributed by atoms with E-state index in [1.54, 1.807) is 12.1 Å². The second kappa shape index (κ2) is 8.42. The normalized spacial score (nSPS) is 19.9. The fraction of sp³-hybridized carbons (Fsp3) is 0.562. The molecule has 0 aromatic heterocycles. The average molecular weight is 419 g/mol. The third kappa shape index (κ3) is 5.27. The lowest BCUT2D eigenvalue weighted by Crippen LogP contribution is -2.53. The fourth-order valence-corrected chi connectivity index (χ4v) is 4.10. The highest BCUT2D eigenvalue weighted by molar-refractivity contribution is 9.10. The van der Waals surface area contributed by atoms with Gasteiger partial charge in [0, 0.05) is 11.1 Å². The van der Waals surface area contributed by atoms with Gasteiger partial charge >= 0.3 is 0 Å². The predicted molar refractivity (Wildman–Crippen MR) is 95.1 cm³/mol. The SMILES string of the molecule is CC(C)[C@H](NS(=O)(=O)c1ccc(Br)cc1)C(=O)NC1CCCOC1. The molecule has 1 aromatic carbocycles. The van der Waals surface area contributed by atoms with Gasteiger partial charge in [-0.25, -0.2) is 8.42 Å². The van der Waals surface area contributed by atoms with Crippen molar-refractivity contribution in [2.75, 3.05) is 13.2 Å². The number of benzene rings is 1. The lowest BCUT2D eigenvalue weighted by Gasteiger charge is -2.27. The number of halogens is 1. The molecular weight excluding hydrogens is 396 g/mol. The first-order valence-corrected chi connectivity index (χ1v) is 10.2. The highest BCUT2D eigenvalue weighted by atomic mass is 79.9. The van der Waals surface area contributed by atoms with Crippen LogP contribution < -0.4 is 10.0 Å². The Bertz CT molecular complexity index is 655. The summed E-state index contributed by atoms with van der Waals surface area (Å²) in [4.78, 5) is 12.6. The van der Waals surface area contributed by atoms with Crippen LogP contribution in [0.15, 0.2) is 33.6 Å². The molecule has 1 aromatic rings. The second-order valence-electron chi connectivity index (χ2n) is 6.22. The molecule has 1 amide bonds. The third-order valence-corrected chi connectivity index (χ3v) is 5.85. The number of ether oxygens (including phenoxy) is 1. The third-order valence-electron chi connectivity index (χ3n) is 3.86. The predicted octanol–water partition coefficient (Wildman–Crippen LogP) is 2.05. The van der Waals surface area contributed by atoms with Gasteiger partial charge in [0.25, 0.3) is 0 Å². The maximum atomic E-state index is 12.5. The van der Waals surface area contributed by atoms with Crippen LogP contribution in [0, 0.1) is 5.92 Å². The summed E-state index contributed by atoms with van der Waals surface area (Å²) in [5.41, 5.74) is 0. The molecule has 1 saturated heterocycles. The molecule has 2 N–H and O–H groups in total. The van der Waals surface area contributed by atoms with Crippen LogP contribution in [0.4, 0.5) is 0 Å². The van der Waals surface area contributed by atoms with Gasteiger partial charge in [-0.3, -0.25) is 4.79 Å². The van der Waals surface area contributed by atoms with Gasteiger partial charge in [0.2, 0.25) is 15.9 Å². The summed E-state index contributed by atoms with van der Waals surface area (Å²) in [5, 5.41) is 2.89. The zero-order valence-electron chi connectivity index (χ0n) is 13.8. The smallest absolute Gasteiger partial charge is 0.241 e. The molecular formula is C16H23BrN2O4S. The maximum absolute atomic E-state index is 12.5. The first-order chi connectivity index (χ1) is 11.3. The van der Waals surface area contributed by atoms with Crippen LogP contribution in [-0.4, -0.2) is 39.6 Å². The van der Waals surface area contributed by atoms with Crippen molar-refractivity contribution < 1.29 is 17.9 Å². The van der Waals surface area contributed by atoms with Gasteiger partial charge in [0.05, 0.1) is 17.5 Å². The molecule has 0 aliphatic carbocycles. The van der Waals surface area contributed by atoms with Crippen molar-refractivity contribution in [1.29, 1.82) is 0 Å². The van der Waals surface area contributed by atoms with E-state index < -0.39 is 16.1 Å². The molecule has 24 heavy (non-hydrogen) atoms. The summed E-state index contributed by atoms with van der Waals surface area (Å²) in [7, 11) is -3.77. The molecule has 134 valence electrons. The summed E-state index contributed by atoms with van der Waals surface area (Å²) >= 11 is 3.27. The standard InChI is InChI=1S/C16H23BrN2O4S/c1-11(2)15(16(20)18-13-4-3-9-23-10-13)19-24(21,22)14-7-5-12(17)6-8-14/h5-8,11,13,15,19H,3-4,9-10H2,1-2H3,(H,18,20)/t13?,15-/m0/s1. The minimum Gasteiger partial charge on any atom is -0.379 e. The summed E-state index contributed by atoms with van der Waals surface area (Å²) in [6.07, 6.45) is 1.73. The lowest BCUT2D eigenvalue weighted by atomic mass is 10.0. The summed E-state index contributed by atoms with van der Waals surface area (Å²) in [6.45, 7) is 4.80. The molecule has 1 aliphatic heterocycles. The largest absolute Gasteiger partial charge is 0.379 e. The number of rotatable bonds is 6. The van der Waals surface area contributed by atoms with Crippen molar-refractivity contribution >= 4 is 31.9 Å². The van der Waals surface area contributed by atoms with Crippen LogP contribution in [0.2, 0.25) is 0 Å². The molecule has 6 nitrogen and oxygen atoms in total. The van der Waals surface area contributed by atoms with E-state index in [1.165, 1.54) is 12.1 Å². The molecule has 0 saturated carbocycles. The van der Waals surface area contributed by atoms with E-state index in [1.807, 2.05) is 13.8 Å². The van der Waals surface area contributed by atoms with E-state index in [0.717, 1.165) is 17.3 Å². The maximum Gasteiger partial charge on any atom is 0.241 e. The fourth-order valence-electron chi connectivity index (χ4n) is 2.49. The van der Waals surface area contributed by atoms with Crippen molar-refractivity contribution in [3.05, 3.63) is 28.7 Å². The van der Waals surface area contributed by atoms with E-state index in [9.17, 15) is 13.2 Å². The first-order valence-electron chi connectivity index (χ1n) is 7.95. The topological polar surface area (TPSA) is 84.5 Å². The molecule has 2 rings (SSSR count). The van der Waals surface area contributed by atoms with Crippen LogP contribution >= 0.6 is 15.9 Å². The van der Waals surface area contributed by atoms with Gasteiger partial charge < -0.3 is 10.1 Å². The monoisotopic (exact) mass is 418 g/mol. The van der Waals surface area contributed by atoms with E-state index in [0.29, 0.717) is 13.2 Å². The highest BCUT2D eigenvalue weighted by Gasteiger charge is 2.30. The van der Waals surface area contributed by atoms with Crippen molar-refractivity contribution in [1.82, 2.24) is 10.0 Å². The molecule has 1 heterocycles. The number of sulfonamides is 1. The van der Waals surface area contributed by atoms with Gasteiger partial charge in [0.15, 0.2) is 0 Å². The van der Waals surface area contributed by atoms with Crippen molar-refractivity contribution in [3.8, 4) is 0 Å². The Morgan fingerprint density at radius 2 is 1.96 bits per heavy atom. The average Bonchev–Trinajstić information content (AvgIpc) is 2.53. The van der Waals surface area contributed by atoms with Crippen LogP contribution in [0.3, 0.4) is 0 Å². The number of hydrogen-bond donors (Lipinski definition) is 2. The van der Waals surface area contributed by atoms with E-state index in [4.69, 9.17) is 4.74 Å².